The van der Waals surface area contributed by atoms with Crippen LogP contribution in [0.5, 0.6) is 0 Å². The van der Waals surface area contributed by atoms with E-state index in [1.165, 1.54) is 24.3 Å². The Morgan fingerprint density at radius 3 is 2.80 bits per heavy atom. The van der Waals surface area contributed by atoms with E-state index in [0.29, 0.717) is 28.5 Å². The molecule has 0 spiro atoms. The highest BCUT2D eigenvalue weighted by atomic mass is 32.2. The SMILES string of the molecule is CCCc1cc(=O)[nH]c(SCC(=O)Nc2ccc([N+](=O)[O-])cc2C)n1. The predicted molar refractivity (Wildman–Crippen MR) is 96.0 cm³/mol. The number of thioether (sulfide) groups is 1. The molecule has 25 heavy (non-hydrogen) atoms. The maximum Gasteiger partial charge on any atom is 0.269 e. The fraction of sp³-hybridized carbons (Fsp3) is 0.312. The van der Waals surface area contributed by atoms with Gasteiger partial charge in [0.2, 0.25) is 5.91 Å². The molecule has 0 unspecified atom stereocenters. The van der Waals surface area contributed by atoms with Crippen molar-refractivity contribution in [3.63, 3.8) is 0 Å². The maximum absolute atomic E-state index is 12.1. The molecule has 1 aromatic heterocycles. The second kappa shape index (κ2) is 8.43. The number of hydrogen-bond donors (Lipinski definition) is 2. The zero-order valence-electron chi connectivity index (χ0n) is 13.9. The monoisotopic (exact) mass is 362 g/mol. The van der Waals surface area contributed by atoms with Gasteiger partial charge in [-0.15, -0.1) is 0 Å². The topological polar surface area (TPSA) is 118 Å². The van der Waals surface area contributed by atoms with Gasteiger partial charge in [-0.2, -0.15) is 0 Å². The lowest BCUT2D eigenvalue weighted by Crippen LogP contribution is -2.16. The standard InChI is InChI=1S/C16H18N4O4S/c1-3-4-11-8-14(21)19-16(17-11)25-9-15(22)18-13-6-5-12(20(23)24)7-10(13)2/h5-8H,3-4,9H2,1-2H3,(H,18,22)(H,17,19,21). The van der Waals surface area contributed by atoms with Crippen molar-refractivity contribution < 1.29 is 9.72 Å². The summed E-state index contributed by atoms with van der Waals surface area (Å²) in [6.07, 6.45) is 1.58. The number of H-pyrrole nitrogens is 1. The Morgan fingerprint density at radius 1 is 1.40 bits per heavy atom. The summed E-state index contributed by atoms with van der Waals surface area (Å²) in [5.41, 5.74) is 1.54. The number of hydrogen-bond acceptors (Lipinski definition) is 6. The van der Waals surface area contributed by atoms with Gasteiger partial charge < -0.3 is 10.3 Å². The van der Waals surface area contributed by atoms with Crippen LogP contribution >= 0.6 is 11.8 Å². The number of aromatic nitrogens is 2. The second-order valence-corrected chi connectivity index (χ2v) is 6.35. The number of non-ortho nitro benzene ring substituents is 1. The molecule has 0 aliphatic carbocycles. The fourth-order valence-corrected chi connectivity index (χ4v) is 2.85. The number of nitro benzene ring substituents is 1. The van der Waals surface area contributed by atoms with Gasteiger partial charge in [0.15, 0.2) is 5.16 Å². The van der Waals surface area contributed by atoms with Crippen LogP contribution in [0.2, 0.25) is 0 Å². The molecule has 1 heterocycles. The number of carbonyl (C=O) groups excluding carboxylic acids is 1. The van der Waals surface area contributed by atoms with Gasteiger partial charge in [-0.1, -0.05) is 25.1 Å². The summed E-state index contributed by atoms with van der Waals surface area (Å²) in [6.45, 7) is 3.68. The molecule has 132 valence electrons. The van der Waals surface area contributed by atoms with E-state index >= 15 is 0 Å². The van der Waals surface area contributed by atoms with Gasteiger partial charge in [0.25, 0.3) is 11.2 Å². The highest BCUT2D eigenvalue weighted by Gasteiger charge is 2.11. The van der Waals surface area contributed by atoms with E-state index in [1.54, 1.807) is 6.92 Å². The zero-order valence-corrected chi connectivity index (χ0v) is 14.7. The molecule has 0 saturated carbocycles. The number of amides is 1. The summed E-state index contributed by atoms with van der Waals surface area (Å²) >= 11 is 1.13. The minimum Gasteiger partial charge on any atom is -0.325 e. The molecule has 0 saturated heterocycles. The van der Waals surface area contributed by atoms with Crippen LogP contribution in [0.4, 0.5) is 11.4 Å². The van der Waals surface area contributed by atoms with Crippen LogP contribution < -0.4 is 10.9 Å². The van der Waals surface area contributed by atoms with E-state index in [0.717, 1.165) is 18.2 Å². The Morgan fingerprint density at radius 2 is 2.16 bits per heavy atom. The zero-order chi connectivity index (χ0) is 18.4. The average molecular weight is 362 g/mol. The Labute approximate surface area is 148 Å². The molecule has 1 aromatic carbocycles. The lowest BCUT2D eigenvalue weighted by molar-refractivity contribution is -0.384. The number of anilines is 1. The first-order valence-electron chi connectivity index (χ1n) is 7.67. The van der Waals surface area contributed by atoms with E-state index < -0.39 is 4.92 Å². The van der Waals surface area contributed by atoms with Gasteiger partial charge in [-0.25, -0.2) is 4.98 Å². The summed E-state index contributed by atoms with van der Waals surface area (Å²) in [6, 6.07) is 5.69. The molecule has 2 N–H and O–H groups in total. The summed E-state index contributed by atoms with van der Waals surface area (Å²) in [5, 5.41) is 13.8. The van der Waals surface area contributed by atoms with Crippen LogP contribution in [-0.4, -0.2) is 26.6 Å². The number of nitrogens with zero attached hydrogens (tertiary/aromatic N) is 2. The van der Waals surface area contributed by atoms with Crippen molar-refractivity contribution in [1.29, 1.82) is 0 Å². The van der Waals surface area contributed by atoms with E-state index in [4.69, 9.17) is 0 Å². The lowest BCUT2D eigenvalue weighted by atomic mass is 10.2. The van der Waals surface area contributed by atoms with Crippen molar-refractivity contribution >= 4 is 29.0 Å². The molecule has 2 rings (SSSR count). The van der Waals surface area contributed by atoms with Gasteiger partial charge in [-0.3, -0.25) is 19.7 Å². The van der Waals surface area contributed by atoms with Crippen LogP contribution in [0.1, 0.15) is 24.6 Å². The molecule has 1 amide bonds. The Balaban J connectivity index is 1.99. The van der Waals surface area contributed by atoms with Gasteiger partial charge >= 0.3 is 0 Å². The van der Waals surface area contributed by atoms with Crippen molar-refractivity contribution in [2.24, 2.45) is 0 Å². The van der Waals surface area contributed by atoms with Gasteiger partial charge in [0.05, 0.1) is 10.7 Å². The van der Waals surface area contributed by atoms with Crippen molar-refractivity contribution in [2.45, 2.75) is 31.8 Å². The minimum absolute atomic E-state index is 0.0283. The third kappa shape index (κ3) is 5.42. The third-order valence-corrected chi connectivity index (χ3v) is 4.19. The van der Waals surface area contributed by atoms with Gasteiger partial charge in [0.1, 0.15) is 0 Å². The number of benzene rings is 1. The molecular formula is C16H18N4O4S. The molecule has 0 fully saturated rings. The van der Waals surface area contributed by atoms with Gasteiger partial charge in [0, 0.05) is 29.6 Å². The highest BCUT2D eigenvalue weighted by Crippen LogP contribution is 2.21. The molecule has 0 radical (unpaired) electrons. The smallest absolute Gasteiger partial charge is 0.269 e. The molecule has 9 heteroatoms. The number of aryl methyl sites for hydroxylation is 2. The molecule has 0 atom stereocenters. The molecule has 0 aliphatic rings. The van der Waals surface area contributed by atoms with Crippen LogP contribution in [0.25, 0.3) is 0 Å². The van der Waals surface area contributed by atoms with Crippen LogP contribution in [0.15, 0.2) is 34.2 Å². The van der Waals surface area contributed by atoms with E-state index in [-0.39, 0.29) is 22.9 Å². The molecule has 0 aliphatic heterocycles. The molecular weight excluding hydrogens is 344 g/mol. The van der Waals surface area contributed by atoms with Crippen molar-refractivity contribution in [2.75, 3.05) is 11.1 Å². The normalized spacial score (nSPS) is 10.5. The van der Waals surface area contributed by atoms with Crippen molar-refractivity contribution in [3.8, 4) is 0 Å². The average Bonchev–Trinajstić information content (AvgIpc) is 2.54. The first-order chi connectivity index (χ1) is 11.9. The van der Waals surface area contributed by atoms with E-state index in [9.17, 15) is 19.7 Å². The fourth-order valence-electron chi connectivity index (χ4n) is 2.16. The van der Waals surface area contributed by atoms with Crippen LogP contribution in [-0.2, 0) is 11.2 Å². The molecule has 0 bridgehead atoms. The number of carbonyl (C=O) groups is 1. The minimum atomic E-state index is -0.486. The quantitative estimate of drug-likeness (QED) is 0.338. The molecule has 8 nitrogen and oxygen atoms in total. The number of nitrogens with one attached hydrogen (secondary N) is 2. The van der Waals surface area contributed by atoms with Crippen molar-refractivity contribution in [3.05, 3.63) is 56.0 Å². The Kier molecular flexibility index (Phi) is 6.29. The van der Waals surface area contributed by atoms with E-state index in [1.807, 2.05) is 6.92 Å². The highest BCUT2D eigenvalue weighted by molar-refractivity contribution is 7.99. The van der Waals surface area contributed by atoms with Crippen molar-refractivity contribution in [1.82, 2.24) is 9.97 Å². The number of rotatable bonds is 7. The summed E-state index contributed by atoms with van der Waals surface area (Å²) in [7, 11) is 0. The number of nitro groups is 1. The second-order valence-electron chi connectivity index (χ2n) is 5.39. The first-order valence-corrected chi connectivity index (χ1v) is 8.65. The molecule has 2 aromatic rings. The van der Waals surface area contributed by atoms with Crippen LogP contribution in [0, 0.1) is 17.0 Å². The predicted octanol–water partition coefficient (Wildman–Crippen LogP) is 2.67. The summed E-state index contributed by atoms with van der Waals surface area (Å²) in [5.74, 6) is -0.222. The maximum atomic E-state index is 12.1. The van der Waals surface area contributed by atoms with Gasteiger partial charge in [-0.05, 0) is 25.0 Å². The third-order valence-electron chi connectivity index (χ3n) is 3.31. The van der Waals surface area contributed by atoms with Crippen LogP contribution in [0.3, 0.4) is 0 Å². The van der Waals surface area contributed by atoms with E-state index in [2.05, 4.69) is 15.3 Å². The summed E-state index contributed by atoms with van der Waals surface area (Å²) < 4.78 is 0. The summed E-state index contributed by atoms with van der Waals surface area (Å²) in [4.78, 5) is 40.8. The Bertz CT molecular complexity index is 850. The lowest BCUT2D eigenvalue weighted by Gasteiger charge is -2.08. The number of aromatic amines is 1. The Hall–Kier alpha value is -2.68. The first kappa shape index (κ1) is 18.7. The largest absolute Gasteiger partial charge is 0.325 e.